The Kier molecular flexibility index (Phi) is 3.19. The highest BCUT2D eigenvalue weighted by atomic mass is 16.5. The molecule has 1 N–H and O–H groups in total. The van der Waals surface area contributed by atoms with Gasteiger partial charge in [0.2, 0.25) is 5.91 Å². The number of benzene rings is 1. The molecule has 18 heavy (non-hydrogen) atoms. The van der Waals surface area contributed by atoms with Gasteiger partial charge in [-0.05, 0) is 36.6 Å². The molecule has 0 unspecified atom stereocenters. The summed E-state index contributed by atoms with van der Waals surface area (Å²) in [5.74, 6) is 1.14. The molecule has 0 radical (unpaired) electrons. The normalized spacial score (nSPS) is 19.1. The van der Waals surface area contributed by atoms with Crippen molar-refractivity contribution in [2.75, 3.05) is 25.1 Å². The lowest BCUT2D eigenvalue weighted by Gasteiger charge is -2.21. The van der Waals surface area contributed by atoms with Crippen LogP contribution < -0.4 is 10.1 Å². The fourth-order valence-corrected chi connectivity index (χ4v) is 2.47. The van der Waals surface area contributed by atoms with Crippen molar-refractivity contribution in [1.29, 1.82) is 0 Å². The van der Waals surface area contributed by atoms with Gasteiger partial charge in [0.15, 0.2) is 0 Å². The number of carbonyl (C=O) groups excluding carboxylic acids is 1. The number of nitrogens with one attached hydrogen (secondary N) is 1. The lowest BCUT2D eigenvalue weighted by Crippen LogP contribution is -2.28. The molecule has 2 aliphatic rings. The van der Waals surface area contributed by atoms with Gasteiger partial charge in [-0.25, -0.2) is 0 Å². The second-order valence-electron chi connectivity index (χ2n) is 4.80. The minimum absolute atomic E-state index is 0.0863. The van der Waals surface area contributed by atoms with E-state index in [1.54, 1.807) is 0 Å². The van der Waals surface area contributed by atoms with Gasteiger partial charge in [0.1, 0.15) is 5.75 Å². The molecule has 1 amide bonds. The first kappa shape index (κ1) is 11.5. The molecule has 0 aromatic heterocycles. The summed E-state index contributed by atoms with van der Waals surface area (Å²) in [7, 11) is 0. The van der Waals surface area contributed by atoms with Crippen molar-refractivity contribution in [3.8, 4) is 5.75 Å². The van der Waals surface area contributed by atoms with Gasteiger partial charge in [-0.2, -0.15) is 0 Å². The van der Waals surface area contributed by atoms with Gasteiger partial charge in [0.25, 0.3) is 0 Å². The number of amides is 1. The lowest BCUT2D eigenvalue weighted by atomic mass is 9.99. The van der Waals surface area contributed by atoms with E-state index in [1.165, 1.54) is 5.56 Å². The molecule has 2 aliphatic heterocycles. The van der Waals surface area contributed by atoms with Crippen LogP contribution in [0, 0.1) is 5.92 Å². The summed E-state index contributed by atoms with van der Waals surface area (Å²) in [6.07, 6.45) is 2.57. The summed E-state index contributed by atoms with van der Waals surface area (Å²) in [6, 6.07) is 5.85. The van der Waals surface area contributed by atoms with Crippen LogP contribution in [0.4, 0.5) is 5.69 Å². The third-order valence-corrected chi connectivity index (χ3v) is 3.55. The fraction of sp³-hybridized carbons (Fsp3) is 0.500. The molecule has 0 atom stereocenters. The van der Waals surface area contributed by atoms with E-state index < -0.39 is 0 Å². The predicted molar refractivity (Wildman–Crippen MR) is 67.8 cm³/mol. The standard InChI is InChI=1S/C14H17NO3/c16-14(10-3-6-17-7-4-10)15-12-1-2-13-11(9-12)5-8-18-13/h1-2,9-10H,3-8H2,(H,15,16). The summed E-state index contributed by atoms with van der Waals surface area (Å²) in [5.41, 5.74) is 2.05. The Labute approximate surface area is 106 Å². The molecule has 4 heteroatoms. The van der Waals surface area contributed by atoms with Crippen LogP contribution in [0.15, 0.2) is 18.2 Å². The predicted octanol–water partition coefficient (Wildman–Crippen LogP) is 1.99. The number of anilines is 1. The third-order valence-electron chi connectivity index (χ3n) is 3.55. The monoisotopic (exact) mass is 247 g/mol. The maximum Gasteiger partial charge on any atom is 0.227 e. The first-order valence-corrected chi connectivity index (χ1v) is 6.47. The molecule has 0 spiro atoms. The molecule has 0 saturated carbocycles. The van der Waals surface area contributed by atoms with Gasteiger partial charge >= 0.3 is 0 Å². The van der Waals surface area contributed by atoms with Crippen molar-refractivity contribution in [2.24, 2.45) is 5.92 Å². The zero-order valence-electron chi connectivity index (χ0n) is 10.3. The SMILES string of the molecule is O=C(Nc1ccc2c(c1)CCO2)C1CCOCC1. The second kappa shape index (κ2) is 4.98. The van der Waals surface area contributed by atoms with Gasteiger partial charge in [0.05, 0.1) is 6.61 Å². The van der Waals surface area contributed by atoms with Gasteiger partial charge < -0.3 is 14.8 Å². The van der Waals surface area contributed by atoms with Crippen molar-refractivity contribution < 1.29 is 14.3 Å². The van der Waals surface area contributed by atoms with E-state index in [2.05, 4.69) is 5.32 Å². The number of fused-ring (bicyclic) bond motifs is 1. The summed E-state index contributed by atoms with van der Waals surface area (Å²) in [4.78, 5) is 12.1. The van der Waals surface area contributed by atoms with Crippen molar-refractivity contribution >= 4 is 11.6 Å². The molecule has 0 bridgehead atoms. The van der Waals surface area contributed by atoms with E-state index in [1.807, 2.05) is 18.2 Å². The average Bonchev–Trinajstić information content (AvgIpc) is 2.87. The van der Waals surface area contributed by atoms with Gasteiger partial charge in [-0.15, -0.1) is 0 Å². The van der Waals surface area contributed by atoms with E-state index in [9.17, 15) is 4.79 Å². The van der Waals surface area contributed by atoms with Gasteiger partial charge in [-0.1, -0.05) is 0 Å². The lowest BCUT2D eigenvalue weighted by molar-refractivity contribution is -0.122. The Morgan fingerprint density at radius 2 is 2.06 bits per heavy atom. The molecular formula is C14H17NO3. The van der Waals surface area contributed by atoms with Crippen molar-refractivity contribution in [3.05, 3.63) is 23.8 Å². The Bertz CT molecular complexity index is 452. The van der Waals surface area contributed by atoms with Crippen LogP contribution in [-0.4, -0.2) is 25.7 Å². The van der Waals surface area contributed by atoms with Crippen LogP contribution in [0.1, 0.15) is 18.4 Å². The van der Waals surface area contributed by atoms with Crippen LogP contribution in [0.5, 0.6) is 5.75 Å². The molecular weight excluding hydrogens is 230 g/mol. The number of carbonyl (C=O) groups is 1. The van der Waals surface area contributed by atoms with Crippen LogP contribution in [0.25, 0.3) is 0 Å². The Morgan fingerprint density at radius 3 is 2.89 bits per heavy atom. The fourth-order valence-electron chi connectivity index (χ4n) is 2.47. The zero-order chi connectivity index (χ0) is 12.4. The van der Waals surface area contributed by atoms with Crippen LogP contribution in [-0.2, 0) is 16.0 Å². The van der Waals surface area contributed by atoms with Crippen molar-refractivity contribution in [1.82, 2.24) is 0 Å². The molecule has 1 aromatic carbocycles. The van der Waals surface area contributed by atoms with Crippen LogP contribution in [0.2, 0.25) is 0 Å². The summed E-state index contributed by atoms with van der Waals surface area (Å²) in [6.45, 7) is 2.12. The number of hydrogen-bond acceptors (Lipinski definition) is 3. The Hall–Kier alpha value is -1.55. The van der Waals surface area contributed by atoms with E-state index in [0.29, 0.717) is 13.2 Å². The zero-order valence-corrected chi connectivity index (χ0v) is 10.3. The number of ether oxygens (including phenoxy) is 2. The summed E-state index contributed by atoms with van der Waals surface area (Å²) >= 11 is 0. The number of rotatable bonds is 2. The highest BCUT2D eigenvalue weighted by Gasteiger charge is 2.22. The van der Waals surface area contributed by atoms with Gasteiger partial charge in [0, 0.05) is 31.2 Å². The highest BCUT2D eigenvalue weighted by Crippen LogP contribution is 2.28. The van der Waals surface area contributed by atoms with Crippen LogP contribution in [0.3, 0.4) is 0 Å². The second-order valence-corrected chi connectivity index (χ2v) is 4.80. The quantitative estimate of drug-likeness (QED) is 0.869. The molecule has 1 aromatic rings. The molecule has 4 nitrogen and oxygen atoms in total. The molecule has 1 saturated heterocycles. The van der Waals surface area contributed by atoms with E-state index in [0.717, 1.165) is 37.3 Å². The molecule has 2 heterocycles. The maximum atomic E-state index is 12.1. The molecule has 1 fully saturated rings. The topological polar surface area (TPSA) is 47.6 Å². The Morgan fingerprint density at radius 1 is 1.22 bits per heavy atom. The highest BCUT2D eigenvalue weighted by molar-refractivity contribution is 5.92. The number of hydrogen-bond donors (Lipinski definition) is 1. The third kappa shape index (κ3) is 2.34. The van der Waals surface area contributed by atoms with Crippen LogP contribution >= 0.6 is 0 Å². The first-order valence-electron chi connectivity index (χ1n) is 6.47. The first-order chi connectivity index (χ1) is 8.83. The molecule has 96 valence electrons. The van der Waals surface area contributed by atoms with E-state index >= 15 is 0 Å². The van der Waals surface area contributed by atoms with E-state index in [-0.39, 0.29) is 11.8 Å². The van der Waals surface area contributed by atoms with Gasteiger partial charge in [-0.3, -0.25) is 4.79 Å². The average molecular weight is 247 g/mol. The molecule has 0 aliphatic carbocycles. The minimum atomic E-state index is 0.0863. The summed E-state index contributed by atoms with van der Waals surface area (Å²) < 4.78 is 10.7. The Balaban J connectivity index is 1.66. The smallest absolute Gasteiger partial charge is 0.227 e. The largest absolute Gasteiger partial charge is 0.493 e. The van der Waals surface area contributed by atoms with Crippen molar-refractivity contribution in [3.63, 3.8) is 0 Å². The van der Waals surface area contributed by atoms with E-state index in [4.69, 9.17) is 9.47 Å². The summed E-state index contributed by atoms with van der Waals surface area (Å²) in [5, 5.41) is 2.99. The minimum Gasteiger partial charge on any atom is -0.493 e. The van der Waals surface area contributed by atoms with Crippen molar-refractivity contribution in [2.45, 2.75) is 19.3 Å². The maximum absolute atomic E-state index is 12.1. The molecule has 3 rings (SSSR count).